The maximum Gasteiger partial charge on any atom is 0.367 e. The first-order valence-electron chi connectivity index (χ1n) is 27.7. The fraction of sp³-hybridized carbons (Fsp3) is 0.397. The van der Waals surface area contributed by atoms with E-state index in [0.717, 1.165) is 50.7 Å². The summed E-state index contributed by atoms with van der Waals surface area (Å²) >= 11 is 0. The summed E-state index contributed by atoms with van der Waals surface area (Å²) in [5.74, 6) is -1.82. The van der Waals surface area contributed by atoms with Crippen LogP contribution in [0.2, 0.25) is 0 Å². The lowest BCUT2D eigenvalue weighted by molar-refractivity contribution is -0.177. The van der Waals surface area contributed by atoms with Crippen LogP contribution in [-0.2, 0) is 61.1 Å². The first kappa shape index (κ1) is 63.7. The molecule has 8 fully saturated rings. The van der Waals surface area contributed by atoms with Crippen LogP contribution >= 0.6 is 0 Å². The zero-order valence-electron chi connectivity index (χ0n) is 46.0. The number of hydrogen-bond acceptors (Lipinski definition) is 10. The lowest BCUT2D eigenvalue weighted by Crippen LogP contribution is -2.51. The van der Waals surface area contributed by atoms with Gasteiger partial charge in [-0.3, -0.25) is 9.59 Å². The van der Waals surface area contributed by atoms with Crippen molar-refractivity contribution in [2.45, 2.75) is 124 Å². The van der Waals surface area contributed by atoms with E-state index in [2.05, 4.69) is 101 Å². The maximum atomic E-state index is 13.6. The molecule has 0 amide bonds. The van der Waals surface area contributed by atoms with Crippen molar-refractivity contribution < 1.29 is 80.1 Å². The molecular formula is C63H62F8O10S4. The van der Waals surface area contributed by atoms with E-state index in [1.165, 1.54) is 44.5 Å². The van der Waals surface area contributed by atoms with Crippen LogP contribution in [-0.4, -0.2) is 61.6 Å². The van der Waals surface area contributed by atoms with Gasteiger partial charge in [-0.25, -0.2) is 34.4 Å². The number of benzene rings is 6. The molecule has 85 heavy (non-hydrogen) atoms. The molecule has 8 aliphatic carbocycles. The largest absolute Gasteiger partial charge is 0.743 e. The van der Waals surface area contributed by atoms with Crippen LogP contribution in [0.1, 0.15) is 82.6 Å². The molecule has 8 aliphatic rings. The molecule has 6 aromatic carbocycles. The second kappa shape index (κ2) is 25.9. The summed E-state index contributed by atoms with van der Waals surface area (Å²) in [6, 6.07) is 45.4. The molecule has 0 saturated heterocycles. The van der Waals surface area contributed by atoms with Gasteiger partial charge in [0, 0.05) is 36.4 Å². The molecule has 14 rings (SSSR count). The molecule has 0 unspecified atom stereocenters. The molecule has 22 heteroatoms. The minimum Gasteiger partial charge on any atom is -0.743 e. The zero-order valence-corrected chi connectivity index (χ0v) is 49.3. The summed E-state index contributed by atoms with van der Waals surface area (Å²) in [4.78, 5) is 29.9. The quantitative estimate of drug-likeness (QED) is 0.0443. The Morgan fingerprint density at radius 3 is 0.976 bits per heavy atom. The van der Waals surface area contributed by atoms with E-state index in [0.29, 0.717) is 88.7 Å². The second-order valence-corrected chi connectivity index (χ2v) is 30.4. The van der Waals surface area contributed by atoms with Crippen molar-refractivity contribution in [3.05, 3.63) is 180 Å². The summed E-state index contributed by atoms with van der Waals surface area (Å²) in [7, 11) is -12.7. The summed E-state index contributed by atoms with van der Waals surface area (Å²) in [5.41, 5.74) is -0.165. The number of halogens is 8. The van der Waals surface area contributed by atoms with Crippen LogP contribution in [0.4, 0.5) is 35.1 Å². The Morgan fingerprint density at radius 2 is 0.706 bits per heavy atom. The van der Waals surface area contributed by atoms with Crippen molar-refractivity contribution in [2.75, 3.05) is 13.2 Å². The number of hydrogen-bond donors (Lipinski definition) is 0. The fourth-order valence-electron chi connectivity index (χ4n) is 14.0. The molecule has 8 saturated carbocycles. The van der Waals surface area contributed by atoms with E-state index >= 15 is 0 Å². The Balaban J connectivity index is 0.000000136. The third-order valence-electron chi connectivity index (χ3n) is 16.7. The standard InChI is InChI=1S/C19H17S.C18H11F4S.2C13H18F2O5S/c1-16-9-8-14-19(15-16)20(17-10-4-2-5-11-17)18-12-6-3-7-13-18;19-12-6-13(20)9-17(8-12)23(16-4-2-1-3-5-16)18-10-14(21)7-15(22)11-18;2*14-13(15,21(17,18)19)7-20-11(16)12-4-8-1-9(5-12)3-10(2-8)6-12/h2-15H,1H3;1-11H;2*8-10H,1-7H2,(H,17,18,19)/q2*+1;;/p-2. The number of esters is 2. The summed E-state index contributed by atoms with van der Waals surface area (Å²) in [6.07, 6.45) is 10.3. The molecule has 0 N–H and O–H groups in total. The first-order chi connectivity index (χ1) is 40.1. The number of carbonyl (C=O) groups is 2. The minimum atomic E-state index is -5.81. The third-order valence-corrected chi connectivity index (χ3v) is 22.8. The molecule has 0 aliphatic heterocycles. The Kier molecular flexibility index (Phi) is 19.4. The molecule has 0 aromatic heterocycles. The van der Waals surface area contributed by atoms with Crippen LogP contribution in [0.5, 0.6) is 0 Å². The zero-order chi connectivity index (χ0) is 61.1. The van der Waals surface area contributed by atoms with E-state index in [1.54, 1.807) is 30.3 Å². The van der Waals surface area contributed by atoms with Crippen LogP contribution in [0.25, 0.3) is 0 Å². The molecule has 0 radical (unpaired) electrons. The Morgan fingerprint density at radius 1 is 0.435 bits per heavy atom. The van der Waals surface area contributed by atoms with Crippen molar-refractivity contribution >= 4 is 54.0 Å². The molecule has 0 heterocycles. The Labute approximate surface area is 495 Å². The van der Waals surface area contributed by atoms with E-state index in [4.69, 9.17) is 0 Å². The second-order valence-electron chi connectivity index (χ2n) is 23.3. The predicted molar refractivity (Wildman–Crippen MR) is 300 cm³/mol. The SMILES string of the molecule is Cc1cccc([S+](c2ccccc2)c2ccccc2)c1.Fc1cc(F)cc([S+](c2ccccc2)c2cc(F)cc(F)c2)c1.O=C(OCC(F)(F)S(=O)(=O)[O-])C12CC3CC(CC(C3)C1)C2.O=C(OCC(F)(F)S(=O)(=O)[O-])C12CC3CC(CC(C3)C1)C2. The number of aryl methyl sites for hydroxylation is 1. The van der Waals surface area contributed by atoms with Gasteiger partial charge >= 0.3 is 22.4 Å². The van der Waals surface area contributed by atoms with Gasteiger partial charge in [-0.2, -0.15) is 17.6 Å². The molecular weight excluding hydrogens is 1200 g/mol. The van der Waals surface area contributed by atoms with Gasteiger partial charge < -0.3 is 18.6 Å². The normalized spacial score (nSPS) is 24.5. The lowest BCUT2D eigenvalue weighted by Gasteiger charge is -2.55. The first-order valence-corrected chi connectivity index (χ1v) is 33.0. The van der Waals surface area contributed by atoms with E-state index in [1.807, 2.05) is 0 Å². The van der Waals surface area contributed by atoms with Gasteiger partial charge in [-0.1, -0.05) is 66.7 Å². The number of alkyl halides is 4. The van der Waals surface area contributed by atoms with Crippen molar-refractivity contribution in [2.24, 2.45) is 46.3 Å². The average Bonchev–Trinajstić information content (AvgIpc) is 1.16. The number of carbonyl (C=O) groups excluding carboxylic acids is 2. The van der Waals surface area contributed by atoms with E-state index < -0.39 is 101 Å². The molecule has 0 spiro atoms. The topological polar surface area (TPSA) is 167 Å². The van der Waals surface area contributed by atoms with Gasteiger partial charge in [-0.05, 0) is 174 Å². The van der Waals surface area contributed by atoms with Crippen molar-refractivity contribution in [3.8, 4) is 0 Å². The summed E-state index contributed by atoms with van der Waals surface area (Å²) < 4.78 is 178. The van der Waals surface area contributed by atoms with Crippen molar-refractivity contribution in [3.63, 3.8) is 0 Å². The highest BCUT2D eigenvalue weighted by Gasteiger charge is 2.58. The highest BCUT2D eigenvalue weighted by Crippen LogP contribution is 2.62. The lowest BCUT2D eigenvalue weighted by atomic mass is 9.49. The third kappa shape index (κ3) is 15.3. The molecule has 8 bridgehead atoms. The van der Waals surface area contributed by atoms with Crippen LogP contribution in [0.15, 0.2) is 181 Å². The molecule has 10 nitrogen and oxygen atoms in total. The highest BCUT2D eigenvalue weighted by molar-refractivity contribution is 7.97. The van der Waals surface area contributed by atoms with Gasteiger partial charge in [0.15, 0.2) is 62.8 Å². The van der Waals surface area contributed by atoms with Crippen LogP contribution in [0, 0.1) is 76.5 Å². The molecule has 0 atom stereocenters. The monoisotopic (exact) mass is 1260 g/mol. The summed E-state index contributed by atoms with van der Waals surface area (Å²) in [6.45, 7) is -1.21. The van der Waals surface area contributed by atoms with E-state index in [9.17, 15) is 70.7 Å². The van der Waals surface area contributed by atoms with Crippen molar-refractivity contribution in [1.29, 1.82) is 0 Å². The van der Waals surface area contributed by atoms with Gasteiger partial charge in [0.1, 0.15) is 23.3 Å². The van der Waals surface area contributed by atoms with Crippen LogP contribution < -0.4 is 0 Å². The minimum absolute atomic E-state index is 0.0249. The smallest absolute Gasteiger partial charge is 0.367 e. The molecule has 454 valence electrons. The summed E-state index contributed by atoms with van der Waals surface area (Å²) in [5, 5.41) is -9.13. The van der Waals surface area contributed by atoms with Gasteiger partial charge in [0.05, 0.1) is 32.6 Å². The van der Waals surface area contributed by atoms with Gasteiger partial charge in [0.2, 0.25) is 0 Å². The Bertz CT molecular complexity index is 3260. The maximum absolute atomic E-state index is 13.6. The molecule has 6 aromatic rings. The van der Waals surface area contributed by atoms with Gasteiger partial charge in [0.25, 0.3) is 0 Å². The average molecular weight is 1260 g/mol. The predicted octanol–water partition coefficient (Wildman–Crippen LogP) is 14.2. The van der Waals surface area contributed by atoms with Gasteiger partial charge in [-0.15, -0.1) is 0 Å². The Hall–Kier alpha value is -5.78. The fourth-order valence-corrected chi connectivity index (χ4v) is 18.8. The number of ether oxygens (including phenoxy) is 2. The van der Waals surface area contributed by atoms with E-state index in [-0.39, 0.29) is 10.9 Å². The highest BCUT2D eigenvalue weighted by atomic mass is 32.2. The van der Waals surface area contributed by atoms with Crippen LogP contribution in [0.3, 0.4) is 0 Å². The van der Waals surface area contributed by atoms with Crippen molar-refractivity contribution in [1.82, 2.24) is 0 Å². The number of rotatable bonds is 14.